The first kappa shape index (κ1) is 27.2. The third-order valence-electron chi connectivity index (χ3n) is 7.35. The summed E-state index contributed by atoms with van der Waals surface area (Å²) in [6.07, 6.45) is 3.94. The smallest absolute Gasteiger partial charge is 0.266 e. The van der Waals surface area contributed by atoms with E-state index in [4.69, 9.17) is 4.74 Å². The molecule has 2 fully saturated rings. The summed E-state index contributed by atoms with van der Waals surface area (Å²) in [5.74, 6) is 0.707. The molecule has 0 bridgehead atoms. The van der Waals surface area contributed by atoms with Gasteiger partial charge in [0.2, 0.25) is 10.0 Å². The Kier molecular flexibility index (Phi) is 8.56. The van der Waals surface area contributed by atoms with E-state index in [1.807, 2.05) is 48.2 Å². The third-order valence-corrected chi connectivity index (χ3v) is 9.98. The number of hydrogen-bond acceptors (Lipinski definition) is 8. The Bertz CT molecular complexity index is 1160. The molecule has 0 atom stereocenters. The Hall–Kier alpha value is -2.89. The van der Waals surface area contributed by atoms with Crippen molar-refractivity contribution in [2.24, 2.45) is 0 Å². The number of amides is 1. The molecule has 10 nitrogen and oxygen atoms in total. The summed E-state index contributed by atoms with van der Waals surface area (Å²) in [6, 6.07) is 11.7. The Morgan fingerprint density at radius 2 is 1.73 bits per heavy atom. The van der Waals surface area contributed by atoms with Gasteiger partial charge in [0.15, 0.2) is 4.75 Å². The molecule has 3 heterocycles. The number of unbranched alkanes of at least 4 members (excludes halogenated alkanes) is 1. The summed E-state index contributed by atoms with van der Waals surface area (Å²) in [6.45, 7) is 7.01. The number of aromatic nitrogens is 1. The van der Waals surface area contributed by atoms with Crippen LogP contribution in [0, 0.1) is 6.92 Å². The molecule has 11 heteroatoms. The number of aryl methyl sites for hydroxylation is 1. The Labute approximate surface area is 219 Å². The molecule has 1 aromatic heterocycles. The fraction of sp³-hybridized carbons (Fsp3) is 0.538. The summed E-state index contributed by atoms with van der Waals surface area (Å²) >= 11 is 0. The summed E-state index contributed by atoms with van der Waals surface area (Å²) in [5, 5.41) is 9.49. The number of hydroxylamine groups is 1. The molecule has 0 saturated carbocycles. The first-order chi connectivity index (χ1) is 17.8. The van der Waals surface area contributed by atoms with Crippen LogP contribution in [0.5, 0.6) is 5.75 Å². The molecule has 1 amide bonds. The van der Waals surface area contributed by atoms with E-state index < -0.39 is 20.7 Å². The van der Waals surface area contributed by atoms with E-state index in [1.54, 1.807) is 11.7 Å². The molecule has 202 valence electrons. The van der Waals surface area contributed by atoms with Crippen molar-refractivity contribution in [1.29, 1.82) is 0 Å². The van der Waals surface area contributed by atoms with Crippen LogP contribution in [-0.4, -0.2) is 79.4 Å². The van der Waals surface area contributed by atoms with Gasteiger partial charge in [-0.2, -0.15) is 4.31 Å². The Morgan fingerprint density at radius 3 is 2.32 bits per heavy atom. The van der Waals surface area contributed by atoms with Crippen molar-refractivity contribution < 1.29 is 23.2 Å². The van der Waals surface area contributed by atoms with Crippen LogP contribution < -0.4 is 20.0 Å². The average molecular weight is 532 g/mol. The summed E-state index contributed by atoms with van der Waals surface area (Å²) < 4.78 is 33.1. The highest BCUT2D eigenvalue weighted by molar-refractivity contribution is 7.91. The molecule has 0 aliphatic carbocycles. The maximum atomic E-state index is 13.9. The lowest BCUT2D eigenvalue weighted by Crippen LogP contribution is -2.63. The van der Waals surface area contributed by atoms with Gasteiger partial charge in [0.1, 0.15) is 11.6 Å². The molecule has 2 N–H and O–H groups in total. The molecule has 2 aliphatic heterocycles. The highest BCUT2D eigenvalue weighted by atomic mass is 32.2. The van der Waals surface area contributed by atoms with E-state index in [0.717, 1.165) is 35.7 Å². The second kappa shape index (κ2) is 11.7. The number of anilines is 2. The second-order valence-electron chi connectivity index (χ2n) is 9.70. The fourth-order valence-electron chi connectivity index (χ4n) is 5.02. The normalized spacial score (nSPS) is 18.5. The lowest BCUT2D eigenvalue weighted by atomic mass is 9.95. The Morgan fingerprint density at radius 1 is 1.05 bits per heavy atom. The van der Waals surface area contributed by atoms with Gasteiger partial charge in [0, 0.05) is 51.2 Å². The average Bonchev–Trinajstić information content (AvgIpc) is 2.93. The van der Waals surface area contributed by atoms with Crippen molar-refractivity contribution in [2.75, 3.05) is 55.7 Å². The number of piperazine rings is 1. The van der Waals surface area contributed by atoms with Crippen LogP contribution in [0.25, 0.3) is 0 Å². The van der Waals surface area contributed by atoms with Crippen molar-refractivity contribution in [3.63, 3.8) is 0 Å². The van der Waals surface area contributed by atoms with Crippen LogP contribution in [0.2, 0.25) is 0 Å². The molecule has 0 radical (unpaired) electrons. The maximum absolute atomic E-state index is 13.9. The van der Waals surface area contributed by atoms with Crippen LogP contribution >= 0.6 is 0 Å². The van der Waals surface area contributed by atoms with Gasteiger partial charge >= 0.3 is 0 Å². The van der Waals surface area contributed by atoms with Gasteiger partial charge in [-0.15, -0.1) is 0 Å². The highest BCUT2D eigenvalue weighted by Gasteiger charge is 2.55. The molecular weight excluding hydrogens is 494 g/mol. The summed E-state index contributed by atoms with van der Waals surface area (Å²) in [7, 11) is -4.03. The number of hydrogen-bond donors (Lipinski definition) is 2. The van der Waals surface area contributed by atoms with Gasteiger partial charge in [-0.1, -0.05) is 13.3 Å². The number of carbonyl (C=O) groups is 1. The quantitative estimate of drug-likeness (QED) is 0.288. The largest absolute Gasteiger partial charge is 0.494 e. The number of nitrogens with one attached hydrogen (secondary N) is 1. The van der Waals surface area contributed by atoms with E-state index in [2.05, 4.69) is 16.8 Å². The lowest BCUT2D eigenvalue weighted by Gasteiger charge is -2.44. The number of benzene rings is 1. The predicted molar refractivity (Wildman–Crippen MR) is 143 cm³/mol. The predicted octanol–water partition coefficient (Wildman–Crippen LogP) is 2.57. The molecule has 0 unspecified atom stereocenters. The van der Waals surface area contributed by atoms with Gasteiger partial charge in [-0.3, -0.25) is 10.0 Å². The minimum atomic E-state index is -4.03. The molecule has 0 spiro atoms. The highest BCUT2D eigenvalue weighted by Crippen LogP contribution is 2.36. The van der Waals surface area contributed by atoms with Gasteiger partial charge < -0.3 is 14.5 Å². The van der Waals surface area contributed by atoms with Crippen molar-refractivity contribution in [3.05, 3.63) is 48.2 Å². The van der Waals surface area contributed by atoms with Crippen molar-refractivity contribution in [1.82, 2.24) is 14.8 Å². The second-order valence-corrected chi connectivity index (χ2v) is 11.9. The van der Waals surface area contributed by atoms with E-state index in [9.17, 15) is 18.4 Å². The standard InChI is InChI=1S/C26H37N5O5S/c1-3-4-19-36-23-7-5-22(6-8-23)29-15-17-31(18-16-29)37(34,35)26(25(32)28-33)10-13-30(14-11-26)24-20-21(2)9-12-27-24/h5-9,12,20,33H,3-4,10-11,13-19H2,1-2H3,(H,28,32). The number of nitrogens with zero attached hydrogens (tertiary/aromatic N) is 4. The van der Waals surface area contributed by atoms with E-state index in [1.165, 1.54) is 4.31 Å². The first-order valence-electron chi connectivity index (χ1n) is 12.9. The monoisotopic (exact) mass is 531 g/mol. The first-order valence-corrected chi connectivity index (χ1v) is 14.3. The van der Waals surface area contributed by atoms with Gasteiger partial charge in [0.05, 0.1) is 6.61 Å². The number of pyridine rings is 1. The molecule has 2 aliphatic rings. The maximum Gasteiger partial charge on any atom is 0.266 e. The zero-order valence-corrected chi connectivity index (χ0v) is 22.4. The molecule has 2 aromatic rings. The van der Waals surface area contributed by atoms with Crippen LogP contribution in [0.1, 0.15) is 38.2 Å². The number of rotatable bonds is 9. The molecule has 37 heavy (non-hydrogen) atoms. The van der Waals surface area contributed by atoms with Gasteiger partial charge in [0.25, 0.3) is 5.91 Å². The summed E-state index contributed by atoms with van der Waals surface area (Å²) in [4.78, 5) is 21.4. The lowest BCUT2D eigenvalue weighted by molar-refractivity contribution is -0.132. The van der Waals surface area contributed by atoms with Crippen molar-refractivity contribution in [3.8, 4) is 5.75 Å². The van der Waals surface area contributed by atoms with E-state index in [-0.39, 0.29) is 25.9 Å². The number of piperidine rings is 1. The van der Waals surface area contributed by atoms with Crippen LogP contribution in [0.3, 0.4) is 0 Å². The van der Waals surface area contributed by atoms with Crippen molar-refractivity contribution in [2.45, 2.75) is 44.3 Å². The minimum Gasteiger partial charge on any atom is -0.494 e. The van der Waals surface area contributed by atoms with Crippen molar-refractivity contribution >= 4 is 27.4 Å². The van der Waals surface area contributed by atoms with Gasteiger partial charge in [-0.05, 0) is 68.1 Å². The fourth-order valence-corrected chi connectivity index (χ4v) is 7.13. The minimum absolute atomic E-state index is 0.0665. The number of carbonyl (C=O) groups excluding carboxylic acids is 1. The molecular formula is C26H37N5O5S. The van der Waals surface area contributed by atoms with Crippen LogP contribution in [0.4, 0.5) is 11.5 Å². The Balaban J connectivity index is 1.42. The van der Waals surface area contributed by atoms with Crippen LogP contribution in [0.15, 0.2) is 42.6 Å². The molecule has 4 rings (SSSR count). The van der Waals surface area contributed by atoms with Crippen LogP contribution in [-0.2, 0) is 14.8 Å². The topological polar surface area (TPSA) is 115 Å². The summed E-state index contributed by atoms with van der Waals surface area (Å²) in [5.41, 5.74) is 3.70. The third kappa shape index (κ3) is 5.68. The zero-order valence-electron chi connectivity index (χ0n) is 21.6. The zero-order chi connectivity index (χ0) is 26.5. The molecule has 2 saturated heterocycles. The van der Waals surface area contributed by atoms with E-state index in [0.29, 0.717) is 32.8 Å². The van der Waals surface area contributed by atoms with E-state index >= 15 is 0 Å². The molecule has 1 aromatic carbocycles. The number of ether oxygens (including phenoxy) is 1. The SMILES string of the molecule is CCCCOc1ccc(N2CCN(S(=O)(=O)C3(C(=O)NO)CCN(c4cc(C)ccn4)CC3)CC2)cc1. The number of sulfonamides is 1. The van der Waals surface area contributed by atoms with Gasteiger partial charge in [-0.25, -0.2) is 18.9 Å².